The zero-order valence-corrected chi connectivity index (χ0v) is 5.02. The maximum absolute atomic E-state index is 8.13. The van der Waals surface area contributed by atoms with Crippen molar-refractivity contribution in [3.63, 3.8) is 0 Å². The summed E-state index contributed by atoms with van der Waals surface area (Å²) in [6, 6.07) is 0. The molecule has 0 aliphatic rings. The Morgan fingerprint density at radius 1 is 1.88 bits per heavy atom. The van der Waals surface area contributed by atoms with Crippen molar-refractivity contribution in [3.05, 3.63) is 24.6 Å². The molecule has 0 rings (SSSR count). The quantitative estimate of drug-likeness (QED) is 0.539. The Hall–Kier alpha value is -0.920. The fraction of sp³-hybridized carbons (Fsp3) is 0.333. The van der Waals surface area contributed by atoms with E-state index in [2.05, 4.69) is 11.9 Å². The van der Waals surface area contributed by atoms with Crippen LogP contribution < -0.4 is 5.32 Å². The maximum Gasteiger partial charge on any atom is 0.0769 e. The molecular formula is C6H11NO. The molecule has 0 heterocycles. The maximum atomic E-state index is 8.13. The minimum Gasteiger partial charge on any atom is -0.516 e. The highest BCUT2D eigenvalue weighted by molar-refractivity contribution is 4.88. The van der Waals surface area contributed by atoms with Crippen LogP contribution in [0.1, 0.15) is 6.92 Å². The van der Waals surface area contributed by atoms with E-state index in [1.54, 1.807) is 6.08 Å². The Kier molecular flexibility index (Phi) is 3.76. The van der Waals surface area contributed by atoms with Gasteiger partial charge in [0.05, 0.1) is 6.26 Å². The predicted molar refractivity (Wildman–Crippen MR) is 34.6 cm³/mol. The van der Waals surface area contributed by atoms with E-state index >= 15 is 0 Å². The third-order valence-corrected chi connectivity index (χ3v) is 0.627. The molecule has 2 N–H and O–H groups in total. The predicted octanol–water partition coefficient (Wildman–Crippen LogP) is 1.18. The van der Waals surface area contributed by atoms with Crippen LogP contribution >= 0.6 is 0 Å². The van der Waals surface area contributed by atoms with E-state index < -0.39 is 0 Å². The summed E-state index contributed by atoms with van der Waals surface area (Å²) in [5.74, 6) is 0. The molecule has 2 heteroatoms. The van der Waals surface area contributed by atoms with Gasteiger partial charge < -0.3 is 10.4 Å². The van der Waals surface area contributed by atoms with E-state index in [-0.39, 0.29) is 0 Å². The largest absolute Gasteiger partial charge is 0.516 e. The van der Waals surface area contributed by atoms with Crippen molar-refractivity contribution in [1.82, 2.24) is 5.32 Å². The lowest BCUT2D eigenvalue weighted by molar-refractivity contribution is 0.471. The Labute approximate surface area is 49.5 Å². The minimum atomic E-state index is 0.645. The minimum absolute atomic E-state index is 0.645. The molecule has 0 atom stereocenters. The van der Waals surface area contributed by atoms with Crippen LogP contribution in [0.4, 0.5) is 0 Å². The van der Waals surface area contributed by atoms with E-state index in [4.69, 9.17) is 5.11 Å². The SMILES string of the molecule is C=C(C)NC/C=C\O. The second-order valence-electron chi connectivity index (χ2n) is 1.55. The van der Waals surface area contributed by atoms with Gasteiger partial charge >= 0.3 is 0 Å². The molecule has 0 bridgehead atoms. The molecule has 0 fully saturated rings. The smallest absolute Gasteiger partial charge is 0.0769 e. The van der Waals surface area contributed by atoms with Gasteiger partial charge in [-0.25, -0.2) is 0 Å². The van der Waals surface area contributed by atoms with Gasteiger partial charge in [-0.3, -0.25) is 0 Å². The summed E-state index contributed by atoms with van der Waals surface area (Å²) in [5.41, 5.74) is 0.906. The molecule has 0 radical (unpaired) electrons. The Morgan fingerprint density at radius 3 is 2.88 bits per heavy atom. The lowest BCUT2D eigenvalue weighted by atomic mass is 10.5. The van der Waals surface area contributed by atoms with Crippen LogP contribution in [-0.4, -0.2) is 11.7 Å². The van der Waals surface area contributed by atoms with Gasteiger partial charge in [0.1, 0.15) is 0 Å². The zero-order chi connectivity index (χ0) is 6.41. The Morgan fingerprint density at radius 2 is 2.50 bits per heavy atom. The molecule has 2 nitrogen and oxygen atoms in total. The number of aliphatic hydroxyl groups is 1. The Bertz CT molecular complexity index is 96.7. The van der Waals surface area contributed by atoms with Crippen molar-refractivity contribution < 1.29 is 5.11 Å². The van der Waals surface area contributed by atoms with Crippen LogP contribution in [0.3, 0.4) is 0 Å². The first-order valence-electron chi connectivity index (χ1n) is 2.46. The van der Waals surface area contributed by atoms with Crippen molar-refractivity contribution in [2.24, 2.45) is 0 Å². The van der Waals surface area contributed by atoms with Gasteiger partial charge in [-0.05, 0) is 13.0 Å². The number of rotatable bonds is 3. The van der Waals surface area contributed by atoms with Gasteiger partial charge in [-0.15, -0.1) is 0 Å². The first-order valence-corrected chi connectivity index (χ1v) is 2.46. The second-order valence-corrected chi connectivity index (χ2v) is 1.55. The number of nitrogens with one attached hydrogen (secondary N) is 1. The van der Waals surface area contributed by atoms with E-state index in [1.165, 1.54) is 0 Å². The van der Waals surface area contributed by atoms with Crippen molar-refractivity contribution in [1.29, 1.82) is 0 Å². The van der Waals surface area contributed by atoms with Crippen LogP contribution in [0, 0.1) is 0 Å². The molecule has 0 saturated carbocycles. The number of aliphatic hydroxyl groups excluding tert-OH is 1. The van der Waals surface area contributed by atoms with Gasteiger partial charge in [0.2, 0.25) is 0 Å². The van der Waals surface area contributed by atoms with Crippen LogP contribution in [0.5, 0.6) is 0 Å². The normalized spacial score (nSPS) is 9.62. The van der Waals surface area contributed by atoms with Crippen LogP contribution in [0.2, 0.25) is 0 Å². The number of allylic oxidation sites excluding steroid dienone is 1. The summed E-state index contributed by atoms with van der Waals surface area (Å²) in [7, 11) is 0. The van der Waals surface area contributed by atoms with Gasteiger partial charge in [0.25, 0.3) is 0 Å². The average molecular weight is 113 g/mol. The van der Waals surface area contributed by atoms with Crippen molar-refractivity contribution >= 4 is 0 Å². The topological polar surface area (TPSA) is 32.3 Å². The van der Waals surface area contributed by atoms with E-state index in [0.717, 1.165) is 12.0 Å². The van der Waals surface area contributed by atoms with Crippen molar-refractivity contribution in [2.45, 2.75) is 6.92 Å². The van der Waals surface area contributed by atoms with Crippen LogP contribution in [0.15, 0.2) is 24.6 Å². The van der Waals surface area contributed by atoms with E-state index in [1.807, 2.05) is 6.92 Å². The average Bonchev–Trinajstić information content (AvgIpc) is 1.66. The van der Waals surface area contributed by atoms with Gasteiger partial charge in [0, 0.05) is 12.2 Å². The summed E-state index contributed by atoms with van der Waals surface area (Å²) in [4.78, 5) is 0. The molecule has 46 valence electrons. The summed E-state index contributed by atoms with van der Waals surface area (Å²) in [6.45, 7) is 6.11. The highest BCUT2D eigenvalue weighted by Gasteiger charge is 1.75. The first kappa shape index (κ1) is 7.08. The molecule has 0 aromatic rings. The van der Waals surface area contributed by atoms with Gasteiger partial charge in [-0.2, -0.15) is 0 Å². The van der Waals surface area contributed by atoms with Crippen LogP contribution in [0.25, 0.3) is 0 Å². The summed E-state index contributed by atoms with van der Waals surface area (Å²) >= 11 is 0. The van der Waals surface area contributed by atoms with E-state index in [9.17, 15) is 0 Å². The number of hydrogen-bond acceptors (Lipinski definition) is 2. The zero-order valence-electron chi connectivity index (χ0n) is 5.02. The van der Waals surface area contributed by atoms with Crippen molar-refractivity contribution in [2.75, 3.05) is 6.54 Å². The van der Waals surface area contributed by atoms with E-state index in [0.29, 0.717) is 6.54 Å². The molecule has 0 aliphatic carbocycles. The molecular weight excluding hydrogens is 102 g/mol. The molecule has 0 aromatic carbocycles. The molecule has 0 aliphatic heterocycles. The van der Waals surface area contributed by atoms with Gasteiger partial charge in [0.15, 0.2) is 0 Å². The molecule has 0 saturated heterocycles. The molecule has 0 amide bonds. The second kappa shape index (κ2) is 4.24. The Balaban J connectivity index is 3.05. The highest BCUT2D eigenvalue weighted by atomic mass is 16.2. The van der Waals surface area contributed by atoms with Crippen LogP contribution in [-0.2, 0) is 0 Å². The lowest BCUT2D eigenvalue weighted by Crippen LogP contribution is -2.08. The summed E-state index contributed by atoms with van der Waals surface area (Å²) < 4.78 is 0. The lowest BCUT2D eigenvalue weighted by Gasteiger charge is -1.96. The fourth-order valence-corrected chi connectivity index (χ4v) is 0.286. The van der Waals surface area contributed by atoms with Crippen molar-refractivity contribution in [3.8, 4) is 0 Å². The molecule has 0 spiro atoms. The molecule has 8 heavy (non-hydrogen) atoms. The molecule has 0 aromatic heterocycles. The third kappa shape index (κ3) is 5.08. The highest BCUT2D eigenvalue weighted by Crippen LogP contribution is 1.75. The standard InChI is InChI=1S/C6H11NO/c1-6(2)7-4-3-5-8/h3,5,7-8H,1,4H2,2H3/b5-3-. The number of hydrogen-bond donors (Lipinski definition) is 2. The summed E-state index contributed by atoms with van der Waals surface area (Å²) in [5, 5.41) is 11.0. The monoisotopic (exact) mass is 113 g/mol. The fourth-order valence-electron chi connectivity index (χ4n) is 0.286. The first-order chi connectivity index (χ1) is 3.77. The molecule has 0 unspecified atom stereocenters. The summed E-state index contributed by atoms with van der Waals surface area (Å²) in [6.07, 6.45) is 2.62. The van der Waals surface area contributed by atoms with Gasteiger partial charge in [-0.1, -0.05) is 6.58 Å². The third-order valence-electron chi connectivity index (χ3n) is 0.627.